The molecule has 0 saturated heterocycles. The van der Waals surface area contributed by atoms with E-state index in [1.165, 1.54) is 0 Å². The number of rotatable bonds is 6. The van der Waals surface area contributed by atoms with Crippen LogP contribution >= 0.6 is 15.9 Å². The molecule has 3 rings (SSSR count). The number of benzene rings is 2. The van der Waals surface area contributed by atoms with Gasteiger partial charge in [-0.2, -0.15) is 0 Å². The second-order valence-electron chi connectivity index (χ2n) is 5.39. The van der Waals surface area contributed by atoms with Gasteiger partial charge in [0.2, 0.25) is 0 Å². The summed E-state index contributed by atoms with van der Waals surface area (Å²) in [4.78, 5) is 16.0. The van der Waals surface area contributed by atoms with E-state index in [0.717, 1.165) is 27.5 Å². The van der Waals surface area contributed by atoms with Gasteiger partial charge in [-0.3, -0.25) is 4.79 Å². The number of hydrogen-bond acceptors (Lipinski definition) is 3. The van der Waals surface area contributed by atoms with Gasteiger partial charge in [0.15, 0.2) is 0 Å². The average Bonchev–Trinajstić information content (AvgIpc) is 2.92. The van der Waals surface area contributed by atoms with Crippen molar-refractivity contribution in [2.24, 2.45) is 0 Å². The zero-order chi connectivity index (χ0) is 17.1. The number of hydrogen-bond donors (Lipinski definition) is 1. The molecular weight excluding hydrogens is 372 g/mol. The Morgan fingerprint density at radius 1 is 1.29 bits per heavy atom. The lowest BCUT2D eigenvalue weighted by molar-refractivity contribution is -0.137. The fourth-order valence-electron chi connectivity index (χ4n) is 2.59. The Kier molecular flexibility index (Phi) is 4.85. The van der Waals surface area contributed by atoms with E-state index in [0.29, 0.717) is 18.2 Å². The second kappa shape index (κ2) is 7.05. The molecule has 0 amide bonds. The predicted octanol–water partition coefficient (Wildman–Crippen LogP) is 4.34. The molecular formula is C18H17BrN2O3. The van der Waals surface area contributed by atoms with Gasteiger partial charge in [-0.05, 0) is 36.8 Å². The van der Waals surface area contributed by atoms with Crippen LogP contribution in [0.3, 0.4) is 0 Å². The quantitative estimate of drug-likeness (QED) is 0.681. The molecule has 0 fully saturated rings. The maximum absolute atomic E-state index is 11.3. The first-order chi connectivity index (χ1) is 11.6. The van der Waals surface area contributed by atoms with Crippen LogP contribution in [-0.4, -0.2) is 27.2 Å². The summed E-state index contributed by atoms with van der Waals surface area (Å²) in [5.74, 6) is 0.374. The third-order valence-electron chi connectivity index (χ3n) is 3.59. The molecule has 6 heteroatoms. The Bertz CT molecular complexity index is 889. The normalized spacial score (nSPS) is 10.9. The van der Waals surface area contributed by atoms with Gasteiger partial charge in [0.1, 0.15) is 18.1 Å². The summed E-state index contributed by atoms with van der Waals surface area (Å²) in [5, 5.41) is 9.29. The van der Waals surface area contributed by atoms with E-state index in [1.54, 1.807) is 4.57 Å². The Morgan fingerprint density at radius 2 is 2.08 bits per heavy atom. The van der Waals surface area contributed by atoms with Gasteiger partial charge < -0.3 is 14.4 Å². The summed E-state index contributed by atoms with van der Waals surface area (Å²) in [7, 11) is 0. The van der Waals surface area contributed by atoms with Gasteiger partial charge in [-0.15, -0.1) is 0 Å². The highest BCUT2D eigenvalue weighted by atomic mass is 79.9. The number of fused-ring (bicyclic) bond motifs is 1. The number of aliphatic carboxylic acids is 1. The minimum atomic E-state index is -0.912. The van der Waals surface area contributed by atoms with E-state index in [9.17, 15) is 9.90 Å². The molecule has 0 spiro atoms. The summed E-state index contributed by atoms with van der Waals surface area (Å²) < 4.78 is 8.42. The molecule has 0 bridgehead atoms. The zero-order valence-electron chi connectivity index (χ0n) is 13.2. The van der Waals surface area contributed by atoms with Gasteiger partial charge in [0.05, 0.1) is 23.2 Å². The van der Waals surface area contributed by atoms with Crippen LogP contribution in [0.25, 0.3) is 22.4 Å². The van der Waals surface area contributed by atoms with Crippen molar-refractivity contribution >= 4 is 32.9 Å². The molecule has 3 aromatic rings. The number of nitrogens with zero attached hydrogens (tertiary/aromatic N) is 2. The Morgan fingerprint density at radius 3 is 2.83 bits per heavy atom. The molecule has 5 nitrogen and oxygen atoms in total. The largest absolute Gasteiger partial charge is 0.493 e. The minimum Gasteiger partial charge on any atom is -0.493 e. The fraction of sp³-hybridized carbons (Fsp3) is 0.222. The zero-order valence-corrected chi connectivity index (χ0v) is 14.8. The topological polar surface area (TPSA) is 64.4 Å². The van der Waals surface area contributed by atoms with Crippen LogP contribution in [0.4, 0.5) is 0 Å². The van der Waals surface area contributed by atoms with Crippen molar-refractivity contribution in [1.82, 2.24) is 9.55 Å². The van der Waals surface area contributed by atoms with Gasteiger partial charge in [0.25, 0.3) is 0 Å². The molecule has 124 valence electrons. The van der Waals surface area contributed by atoms with E-state index in [2.05, 4.69) is 20.9 Å². The Hall–Kier alpha value is -2.34. The predicted molar refractivity (Wildman–Crippen MR) is 96.3 cm³/mol. The number of carboxylic acids is 1. The van der Waals surface area contributed by atoms with Crippen molar-refractivity contribution in [3.05, 3.63) is 46.9 Å². The minimum absolute atomic E-state index is 0.157. The van der Waals surface area contributed by atoms with Crippen LogP contribution in [0.5, 0.6) is 5.75 Å². The SMILES string of the molecule is CCCOc1ccc(Br)cc1-c1nc2ccccc2n1CC(=O)O. The van der Waals surface area contributed by atoms with Crippen LogP contribution in [0, 0.1) is 0 Å². The molecule has 0 aliphatic rings. The maximum atomic E-state index is 11.3. The number of carboxylic acid groups (broad SMARTS) is 1. The van der Waals surface area contributed by atoms with Crippen LogP contribution in [-0.2, 0) is 11.3 Å². The highest BCUT2D eigenvalue weighted by molar-refractivity contribution is 9.10. The van der Waals surface area contributed by atoms with Crippen molar-refractivity contribution in [3.8, 4) is 17.1 Å². The van der Waals surface area contributed by atoms with Gasteiger partial charge in [-0.25, -0.2) is 4.98 Å². The number of carbonyl (C=O) groups is 1. The lowest BCUT2D eigenvalue weighted by atomic mass is 10.2. The van der Waals surface area contributed by atoms with Gasteiger partial charge in [-0.1, -0.05) is 35.0 Å². The lowest BCUT2D eigenvalue weighted by Crippen LogP contribution is -2.10. The molecule has 0 atom stereocenters. The van der Waals surface area contributed by atoms with Crippen LogP contribution < -0.4 is 4.74 Å². The average molecular weight is 389 g/mol. The Balaban J connectivity index is 2.21. The van der Waals surface area contributed by atoms with Crippen LogP contribution in [0.15, 0.2) is 46.9 Å². The van der Waals surface area contributed by atoms with E-state index >= 15 is 0 Å². The fourth-order valence-corrected chi connectivity index (χ4v) is 2.95. The molecule has 1 heterocycles. The van der Waals surface area contributed by atoms with Crippen LogP contribution in [0.1, 0.15) is 13.3 Å². The summed E-state index contributed by atoms with van der Waals surface area (Å²) in [6.07, 6.45) is 0.890. The number of imidazole rings is 1. The van der Waals surface area contributed by atoms with Crippen molar-refractivity contribution in [1.29, 1.82) is 0 Å². The van der Waals surface area contributed by atoms with E-state index < -0.39 is 5.97 Å². The van der Waals surface area contributed by atoms with Crippen molar-refractivity contribution < 1.29 is 14.6 Å². The number of halogens is 1. The third kappa shape index (κ3) is 3.28. The Labute approximate surface area is 148 Å². The van der Waals surface area contributed by atoms with E-state index in [4.69, 9.17) is 4.74 Å². The van der Waals surface area contributed by atoms with Crippen molar-refractivity contribution in [2.75, 3.05) is 6.61 Å². The first-order valence-electron chi connectivity index (χ1n) is 7.70. The first-order valence-corrected chi connectivity index (χ1v) is 8.49. The number of aromatic nitrogens is 2. The summed E-state index contributed by atoms with van der Waals surface area (Å²) >= 11 is 3.47. The monoisotopic (exact) mass is 388 g/mol. The number of ether oxygens (including phenoxy) is 1. The summed E-state index contributed by atoms with van der Waals surface area (Å²) in [5.41, 5.74) is 2.32. The molecule has 0 saturated carbocycles. The second-order valence-corrected chi connectivity index (χ2v) is 6.31. The number of para-hydroxylation sites is 2. The highest BCUT2D eigenvalue weighted by Gasteiger charge is 2.18. The molecule has 2 aromatic carbocycles. The van der Waals surface area contributed by atoms with E-state index in [-0.39, 0.29) is 6.54 Å². The van der Waals surface area contributed by atoms with Crippen molar-refractivity contribution in [3.63, 3.8) is 0 Å². The molecule has 0 aliphatic heterocycles. The van der Waals surface area contributed by atoms with Crippen LogP contribution in [0.2, 0.25) is 0 Å². The van der Waals surface area contributed by atoms with Crippen molar-refractivity contribution in [2.45, 2.75) is 19.9 Å². The molecule has 0 aliphatic carbocycles. The van der Waals surface area contributed by atoms with Gasteiger partial charge >= 0.3 is 5.97 Å². The van der Waals surface area contributed by atoms with Gasteiger partial charge in [0, 0.05) is 4.47 Å². The first kappa shape index (κ1) is 16.5. The molecule has 24 heavy (non-hydrogen) atoms. The molecule has 1 aromatic heterocycles. The molecule has 0 radical (unpaired) electrons. The third-order valence-corrected chi connectivity index (χ3v) is 4.09. The standard InChI is InChI=1S/C18H17BrN2O3/c1-2-9-24-16-8-7-12(19)10-13(16)18-20-14-5-3-4-6-15(14)21(18)11-17(22)23/h3-8,10H,2,9,11H2,1H3,(H,22,23). The lowest BCUT2D eigenvalue weighted by Gasteiger charge is -2.12. The summed E-state index contributed by atoms with van der Waals surface area (Å²) in [6.45, 7) is 2.47. The van der Waals surface area contributed by atoms with E-state index in [1.807, 2.05) is 49.4 Å². The maximum Gasteiger partial charge on any atom is 0.323 e. The highest BCUT2D eigenvalue weighted by Crippen LogP contribution is 2.34. The molecule has 0 unspecified atom stereocenters. The smallest absolute Gasteiger partial charge is 0.323 e. The summed E-state index contributed by atoms with van der Waals surface area (Å²) in [6, 6.07) is 13.2. The molecule has 1 N–H and O–H groups in total.